The summed E-state index contributed by atoms with van der Waals surface area (Å²) in [7, 11) is 0. The molecule has 3 aromatic rings. The lowest BCUT2D eigenvalue weighted by atomic mass is 10.1. The molecular weight excluding hydrogens is 282 g/mol. The van der Waals surface area contributed by atoms with E-state index in [1.165, 1.54) is 11.1 Å². The zero-order valence-corrected chi connectivity index (χ0v) is 13.5. The summed E-state index contributed by atoms with van der Waals surface area (Å²) in [5, 5.41) is 7.84. The lowest BCUT2D eigenvalue weighted by Gasteiger charge is -2.08. The maximum atomic E-state index is 4.45. The van der Waals surface area contributed by atoms with Crippen molar-refractivity contribution in [3.05, 3.63) is 83.2 Å². The van der Waals surface area contributed by atoms with Crippen molar-refractivity contribution in [2.24, 2.45) is 0 Å². The van der Waals surface area contributed by atoms with E-state index in [9.17, 15) is 0 Å². The second-order valence-electron chi connectivity index (χ2n) is 5.63. The molecule has 0 aliphatic heterocycles. The highest BCUT2D eigenvalue weighted by Gasteiger charge is 2.00. The molecule has 0 unspecified atom stereocenters. The minimum atomic E-state index is 0.679. The first-order chi connectivity index (χ1) is 11.2. The number of nitrogens with zero attached hydrogens (tertiary/aromatic N) is 2. The van der Waals surface area contributed by atoms with Crippen LogP contribution in [0.5, 0.6) is 0 Å². The predicted octanol–water partition coefficient (Wildman–Crippen LogP) is 4.74. The van der Waals surface area contributed by atoms with E-state index in [0.717, 1.165) is 17.1 Å². The minimum Gasteiger partial charge on any atom is -0.366 e. The number of hydrogen-bond donors (Lipinski definition) is 1. The molecule has 2 aromatic carbocycles. The van der Waals surface area contributed by atoms with Crippen molar-refractivity contribution in [3.63, 3.8) is 0 Å². The van der Waals surface area contributed by atoms with Gasteiger partial charge in [0.15, 0.2) is 0 Å². The van der Waals surface area contributed by atoms with Crippen LogP contribution in [0.3, 0.4) is 0 Å². The van der Waals surface area contributed by atoms with Crippen LogP contribution in [-0.4, -0.2) is 9.78 Å². The minimum absolute atomic E-state index is 0.679. The summed E-state index contributed by atoms with van der Waals surface area (Å²) >= 11 is 0. The highest BCUT2D eigenvalue weighted by atomic mass is 15.3. The van der Waals surface area contributed by atoms with Crippen LogP contribution in [0.2, 0.25) is 0 Å². The van der Waals surface area contributed by atoms with E-state index in [1.807, 2.05) is 29.8 Å². The average molecular weight is 303 g/mol. The molecule has 116 valence electrons. The van der Waals surface area contributed by atoms with Crippen molar-refractivity contribution in [3.8, 4) is 0 Å². The zero-order chi connectivity index (χ0) is 16.1. The Morgan fingerprint density at radius 3 is 2.17 bits per heavy atom. The first-order valence-electron chi connectivity index (χ1n) is 7.79. The van der Waals surface area contributed by atoms with Gasteiger partial charge in [-0.1, -0.05) is 54.6 Å². The van der Waals surface area contributed by atoms with Crippen LogP contribution < -0.4 is 5.32 Å². The first kappa shape index (κ1) is 15.1. The Labute approximate surface area is 137 Å². The van der Waals surface area contributed by atoms with Crippen LogP contribution >= 0.6 is 0 Å². The Balaban J connectivity index is 1.61. The van der Waals surface area contributed by atoms with Crippen molar-refractivity contribution in [2.45, 2.75) is 20.5 Å². The van der Waals surface area contributed by atoms with E-state index >= 15 is 0 Å². The van der Waals surface area contributed by atoms with Crippen LogP contribution in [0, 0.1) is 13.8 Å². The van der Waals surface area contributed by atoms with Gasteiger partial charge in [-0.15, -0.1) is 0 Å². The van der Waals surface area contributed by atoms with Gasteiger partial charge in [0.1, 0.15) is 6.67 Å². The SMILES string of the molecule is Cc1cc(C)n(CNc2ccc(/C=C/c3ccccc3)cc2)n1. The molecule has 1 heterocycles. The molecule has 0 saturated carbocycles. The molecule has 0 bridgehead atoms. The normalized spacial score (nSPS) is 11.0. The largest absolute Gasteiger partial charge is 0.366 e. The number of aryl methyl sites for hydroxylation is 2. The van der Waals surface area contributed by atoms with Gasteiger partial charge in [0.2, 0.25) is 0 Å². The van der Waals surface area contributed by atoms with Crippen molar-refractivity contribution in [2.75, 3.05) is 5.32 Å². The average Bonchev–Trinajstić information content (AvgIpc) is 2.90. The van der Waals surface area contributed by atoms with Crippen LogP contribution in [0.4, 0.5) is 5.69 Å². The molecule has 0 fully saturated rings. The number of benzene rings is 2. The molecule has 0 aliphatic carbocycles. The fourth-order valence-corrected chi connectivity index (χ4v) is 2.47. The molecule has 0 amide bonds. The zero-order valence-electron chi connectivity index (χ0n) is 13.5. The highest BCUT2D eigenvalue weighted by Crippen LogP contribution is 2.13. The Morgan fingerprint density at radius 2 is 1.57 bits per heavy atom. The van der Waals surface area contributed by atoms with Crippen LogP contribution in [-0.2, 0) is 6.67 Å². The van der Waals surface area contributed by atoms with Crippen LogP contribution in [0.25, 0.3) is 12.2 Å². The Morgan fingerprint density at radius 1 is 0.913 bits per heavy atom. The topological polar surface area (TPSA) is 29.9 Å². The number of rotatable bonds is 5. The van der Waals surface area contributed by atoms with E-state index in [0.29, 0.717) is 6.67 Å². The smallest absolute Gasteiger partial charge is 0.109 e. The van der Waals surface area contributed by atoms with Gasteiger partial charge in [-0.3, -0.25) is 4.68 Å². The quantitative estimate of drug-likeness (QED) is 0.690. The molecule has 0 saturated heterocycles. The second kappa shape index (κ2) is 6.97. The van der Waals surface area contributed by atoms with Crippen molar-refractivity contribution in [1.82, 2.24) is 9.78 Å². The number of nitrogens with one attached hydrogen (secondary N) is 1. The lowest BCUT2D eigenvalue weighted by molar-refractivity contribution is 0.644. The van der Waals surface area contributed by atoms with Gasteiger partial charge in [-0.2, -0.15) is 5.10 Å². The summed E-state index contributed by atoms with van der Waals surface area (Å²) in [5.74, 6) is 0. The lowest BCUT2D eigenvalue weighted by Crippen LogP contribution is -2.10. The van der Waals surface area contributed by atoms with E-state index < -0.39 is 0 Å². The fraction of sp³-hybridized carbons (Fsp3) is 0.150. The highest BCUT2D eigenvalue weighted by molar-refractivity contribution is 5.70. The van der Waals surface area contributed by atoms with Crippen LogP contribution in [0.15, 0.2) is 60.7 Å². The van der Waals surface area contributed by atoms with Crippen molar-refractivity contribution < 1.29 is 0 Å². The van der Waals surface area contributed by atoms with Gasteiger partial charge in [-0.05, 0) is 43.2 Å². The third-order valence-electron chi connectivity index (χ3n) is 3.71. The fourth-order valence-electron chi connectivity index (χ4n) is 2.47. The summed E-state index contributed by atoms with van der Waals surface area (Å²) in [6, 6.07) is 20.8. The molecule has 1 N–H and O–H groups in total. The standard InChI is InChI=1S/C20H21N3/c1-16-14-17(2)23(22-16)15-21-20-12-10-19(11-13-20)9-8-18-6-4-3-5-7-18/h3-14,21H,15H2,1-2H3/b9-8+. The predicted molar refractivity (Wildman–Crippen MR) is 97.1 cm³/mol. The summed E-state index contributed by atoms with van der Waals surface area (Å²) < 4.78 is 1.97. The second-order valence-corrected chi connectivity index (χ2v) is 5.63. The van der Waals surface area contributed by atoms with Crippen molar-refractivity contribution >= 4 is 17.8 Å². The summed E-state index contributed by atoms with van der Waals surface area (Å²) in [4.78, 5) is 0. The molecular formula is C20H21N3. The van der Waals surface area contributed by atoms with E-state index in [1.54, 1.807) is 0 Å². The van der Waals surface area contributed by atoms with E-state index in [2.05, 4.69) is 72.0 Å². The third kappa shape index (κ3) is 4.10. The van der Waals surface area contributed by atoms with Gasteiger partial charge in [0, 0.05) is 11.4 Å². The Bertz CT molecular complexity index is 784. The molecule has 3 heteroatoms. The first-order valence-corrected chi connectivity index (χ1v) is 7.79. The molecule has 23 heavy (non-hydrogen) atoms. The third-order valence-corrected chi connectivity index (χ3v) is 3.71. The van der Waals surface area contributed by atoms with Gasteiger partial charge in [-0.25, -0.2) is 0 Å². The van der Waals surface area contributed by atoms with E-state index in [4.69, 9.17) is 0 Å². The summed E-state index contributed by atoms with van der Waals surface area (Å²) in [6.45, 7) is 4.76. The molecule has 0 spiro atoms. The van der Waals surface area contributed by atoms with Crippen LogP contribution in [0.1, 0.15) is 22.5 Å². The van der Waals surface area contributed by atoms with Gasteiger partial charge in [0.05, 0.1) is 5.69 Å². The van der Waals surface area contributed by atoms with Gasteiger partial charge < -0.3 is 5.32 Å². The Hall–Kier alpha value is -2.81. The summed E-state index contributed by atoms with van der Waals surface area (Å²) in [5.41, 5.74) is 5.70. The van der Waals surface area contributed by atoms with Gasteiger partial charge >= 0.3 is 0 Å². The van der Waals surface area contributed by atoms with Gasteiger partial charge in [0.25, 0.3) is 0 Å². The van der Waals surface area contributed by atoms with Crippen molar-refractivity contribution in [1.29, 1.82) is 0 Å². The molecule has 3 rings (SSSR count). The summed E-state index contributed by atoms with van der Waals surface area (Å²) in [6.07, 6.45) is 4.25. The monoisotopic (exact) mass is 303 g/mol. The van der Waals surface area contributed by atoms with E-state index in [-0.39, 0.29) is 0 Å². The molecule has 0 atom stereocenters. The Kier molecular flexibility index (Phi) is 4.57. The number of aromatic nitrogens is 2. The molecule has 1 aromatic heterocycles. The molecule has 3 nitrogen and oxygen atoms in total. The number of anilines is 1. The number of hydrogen-bond acceptors (Lipinski definition) is 2. The maximum Gasteiger partial charge on any atom is 0.109 e. The molecule has 0 aliphatic rings. The molecule has 0 radical (unpaired) electrons. The maximum absolute atomic E-state index is 4.45.